The molecule has 0 aliphatic heterocycles. The number of non-ortho nitro benzene ring substituents is 1. The predicted octanol–water partition coefficient (Wildman–Crippen LogP) is 2.86. The average Bonchev–Trinajstić information content (AvgIpc) is 2.27. The fraction of sp³-hybridized carbons (Fsp3) is 0.333. The fourth-order valence-corrected chi connectivity index (χ4v) is 2.36. The number of nitrogens with zero attached hydrogens (tertiary/aromatic N) is 1. The molecule has 0 amide bonds. The molecule has 0 aliphatic rings. The van der Waals surface area contributed by atoms with Crippen LogP contribution in [-0.2, 0) is 9.05 Å². The van der Waals surface area contributed by atoms with Gasteiger partial charge in [0.05, 0.1) is 17.1 Å². The zero-order chi connectivity index (χ0) is 14.8. The Kier molecular flexibility index (Phi) is 4.64. The maximum atomic E-state index is 12.8. The van der Waals surface area contributed by atoms with Gasteiger partial charge in [0, 0.05) is 22.8 Å². The van der Waals surface area contributed by atoms with Crippen LogP contribution >= 0.6 is 10.7 Å². The zero-order valence-corrected chi connectivity index (χ0v) is 11.0. The van der Waals surface area contributed by atoms with Gasteiger partial charge in [0.25, 0.3) is 21.2 Å². The van der Waals surface area contributed by atoms with Crippen molar-refractivity contribution in [1.29, 1.82) is 0 Å². The van der Waals surface area contributed by atoms with Crippen LogP contribution in [0.25, 0.3) is 0 Å². The first-order chi connectivity index (χ1) is 8.68. The number of nitro benzene ring substituents is 1. The SMILES string of the molecule is CCOc1c(C(F)F)cc([N+](=O)[O-])cc1S(=O)(=O)Cl. The Morgan fingerprint density at radius 3 is 2.42 bits per heavy atom. The Bertz CT molecular complexity index is 605. The van der Waals surface area contributed by atoms with E-state index in [1.54, 1.807) is 0 Å². The highest BCUT2D eigenvalue weighted by molar-refractivity contribution is 8.13. The molecule has 0 spiro atoms. The van der Waals surface area contributed by atoms with E-state index < -0.39 is 42.3 Å². The summed E-state index contributed by atoms with van der Waals surface area (Å²) in [6.45, 7) is 1.35. The molecule has 0 atom stereocenters. The van der Waals surface area contributed by atoms with E-state index in [1.165, 1.54) is 6.92 Å². The quantitative estimate of drug-likeness (QED) is 0.473. The molecule has 1 rings (SSSR count). The van der Waals surface area contributed by atoms with Crippen LogP contribution in [0.4, 0.5) is 14.5 Å². The third-order valence-corrected chi connectivity index (χ3v) is 3.39. The van der Waals surface area contributed by atoms with Gasteiger partial charge in [-0.15, -0.1) is 0 Å². The molecule has 0 bridgehead atoms. The Balaban J connectivity index is 3.70. The zero-order valence-electron chi connectivity index (χ0n) is 9.47. The topological polar surface area (TPSA) is 86.5 Å². The summed E-state index contributed by atoms with van der Waals surface area (Å²) in [6.07, 6.45) is -3.14. The van der Waals surface area contributed by atoms with Gasteiger partial charge in [0.15, 0.2) is 0 Å². The van der Waals surface area contributed by atoms with E-state index in [1.807, 2.05) is 0 Å². The lowest BCUT2D eigenvalue weighted by Crippen LogP contribution is -2.05. The minimum Gasteiger partial charge on any atom is -0.492 e. The molecule has 0 radical (unpaired) electrons. The fourth-order valence-electron chi connectivity index (χ4n) is 1.36. The van der Waals surface area contributed by atoms with E-state index >= 15 is 0 Å². The molecular weight excluding hydrogens is 308 g/mol. The lowest BCUT2D eigenvalue weighted by atomic mass is 10.2. The number of hydrogen-bond acceptors (Lipinski definition) is 5. The molecule has 1 aromatic rings. The number of halogens is 3. The Morgan fingerprint density at radius 1 is 1.47 bits per heavy atom. The number of hydrogen-bond donors (Lipinski definition) is 0. The van der Waals surface area contributed by atoms with Crippen LogP contribution in [-0.4, -0.2) is 19.9 Å². The van der Waals surface area contributed by atoms with Crippen molar-refractivity contribution in [2.24, 2.45) is 0 Å². The van der Waals surface area contributed by atoms with Gasteiger partial charge in [0.2, 0.25) is 0 Å². The molecule has 0 saturated heterocycles. The van der Waals surface area contributed by atoms with Crippen LogP contribution in [0.15, 0.2) is 17.0 Å². The van der Waals surface area contributed by atoms with Crippen LogP contribution in [0, 0.1) is 10.1 Å². The van der Waals surface area contributed by atoms with E-state index in [9.17, 15) is 27.3 Å². The average molecular weight is 316 g/mol. The van der Waals surface area contributed by atoms with Crippen molar-refractivity contribution >= 4 is 25.4 Å². The van der Waals surface area contributed by atoms with Crippen molar-refractivity contribution in [2.45, 2.75) is 18.2 Å². The number of rotatable bonds is 5. The molecule has 0 N–H and O–H groups in total. The van der Waals surface area contributed by atoms with Crippen molar-refractivity contribution in [2.75, 3.05) is 6.61 Å². The summed E-state index contributed by atoms with van der Waals surface area (Å²) in [5, 5.41) is 10.6. The second-order valence-corrected chi connectivity index (χ2v) is 5.83. The second kappa shape index (κ2) is 5.66. The summed E-state index contributed by atoms with van der Waals surface area (Å²) >= 11 is 0. The Labute approximate surface area is 111 Å². The van der Waals surface area contributed by atoms with Crippen LogP contribution in [0.1, 0.15) is 18.9 Å². The molecular formula is C9H8ClF2NO5S. The van der Waals surface area contributed by atoms with Crippen molar-refractivity contribution in [3.63, 3.8) is 0 Å². The normalized spacial score (nSPS) is 11.6. The molecule has 0 aliphatic carbocycles. The van der Waals surface area contributed by atoms with Gasteiger partial charge in [0.1, 0.15) is 10.6 Å². The molecule has 1 aromatic carbocycles. The lowest BCUT2D eigenvalue weighted by molar-refractivity contribution is -0.385. The van der Waals surface area contributed by atoms with Gasteiger partial charge < -0.3 is 4.74 Å². The van der Waals surface area contributed by atoms with Crippen LogP contribution in [0.3, 0.4) is 0 Å². The van der Waals surface area contributed by atoms with E-state index in [2.05, 4.69) is 0 Å². The molecule has 10 heteroatoms. The predicted molar refractivity (Wildman–Crippen MR) is 62.3 cm³/mol. The second-order valence-electron chi connectivity index (χ2n) is 3.29. The molecule has 0 heterocycles. The van der Waals surface area contributed by atoms with Crippen molar-refractivity contribution in [1.82, 2.24) is 0 Å². The van der Waals surface area contributed by atoms with Crippen molar-refractivity contribution in [3.05, 3.63) is 27.8 Å². The highest BCUT2D eigenvalue weighted by Gasteiger charge is 2.28. The molecule has 6 nitrogen and oxygen atoms in total. The molecule has 0 saturated carbocycles. The third-order valence-electron chi connectivity index (χ3n) is 2.07. The summed E-state index contributed by atoms with van der Waals surface area (Å²) in [5.74, 6) is -0.668. The van der Waals surface area contributed by atoms with Crippen LogP contribution in [0.2, 0.25) is 0 Å². The van der Waals surface area contributed by atoms with Gasteiger partial charge in [-0.05, 0) is 6.92 Å². The van der Waals surface area contributed by atoms with Gasteiger partial charge >= 0.3 is 0 Å². The van der Waals surface area contributed by atoms with Crippen LogP contribution < -0.4 is 4.74 Å². The van der Waals surface area contributed by atoms with Gasteiger partial charge in [-0.3, -0.25) is 10.1 Å². The standard InChI is InChI=1S/C9H8ClF2NO5S/c1-2-18-8-6(9(11)12)3-5(13(14)15)4-7(8)19(10,16)17/h3-4,9H,2H2,1H3. The Hall–Kier alpha value is -1.48. The maximum absolute atomic E-state index is 12.8. The number of alkyl halides is 2. The summed E-state index contributed by atoms with van der Waals surface area (Å²) in [5.41, 5.74) is -1.70. The third kappa shape index (κ3) is 3.51. The van der Waals surface area contributed by atoms with Gasteiger partial charge in [-0.2, -0.15) is 0 Å². The molecule has 0 aromatic heterocycles. The van der Waals surface area contributed by atoms with E-state index in [0.29, 0.717) is 12.1 Å². The first-order valence-corrected chi connectivity index (χ1v) is 7.17. The lowest BCUT2D eigenvalue weighted by Gasteiger charge is -2.12. The van der Waals surface area contributed by atoms with E-state index in [0.717, 1.165) is 0 Å². The monoisotopic (exact) mass is 315 g/mol. The minimum absolute atomic E-state index is 0.100. The largest absolute Gasteiger partial charge is 0.492 e. The van der Waals surface area contributed by atoms with Crippen molar-refractivity contribution < 1.29 is 26.9 Å². The number of benzene rings is 1. The van der Waals surface area contributed by atoms with Crippen molar-refractivity contribution in [3.8, 4) is 5.75 Å². The van der Waals surface area contributed by atoms with Gasteiger partial charge in [-0.25, -0.2) is 17.2 Å². The summed E-state index contributed by atoms with van der Waals surface area (Å²) in [4.78, 5) is 8.77. The van der Waals surface area contributed by atoms with Gasteiger partial charge in [-0.1, -0.05) is 0 Å². The maximum Gasteiger partial charge on any atom is 0.271 e. The molecule has 0 unspecified atom stereocenters. The minimum atomic E-state index is -4.46. The highest BCUT2D eigenvalue weighted by Crippen LogP contribution is 2.39. The van der Waals surface area contributed by atoms with E-state index in [-0.39, 0.29) is 6.61 Å². The Morgan fingerprint density at radius 2 is 2.05 bits per heavy atom. The number of ether oxygens (including phenoxy) is 1. The number of nitro groups is 1. The molecule has 106 valence electrons. The van der Waals surface area contributed by atoms with Crippen LogP contribution in [0.5, 0.6) is 5.75 Å². The van der Waals surface area contributed by atoms with E-state index in [4.69, 9.17) is 15.4 Å². The first-order valence-electron chi connectivity index (χ1n) is 4.86. The first kappa shape index (κ1) is 15.6. The molecule has 0 fully saturated rings. The summed E-state index contributed by atoms with van der Waals surface area (Å²) in [6, 6.07) is 1.14. The smallest absolute Gasteiger partial charge is 0.271 e. The highest BCUT2D eigenvalue weighted by atomic mass is 35.7. The summed E-state index contributed by atoms with van der Waals surface area (Å²) in [7, 11) is 0.619. The summed E-state index contributed by atoms with van der Waals surface area (Å²) < 4.78 is 53.1. The molecule has 19 heavy (non-hydrogen) atoms.